The highest BCUT2D eigenvalue weighted by Crippen LogP contribution is 2.30. The minimum atomic E-state index is -4.95. The van der Waals surface area contributed by atoms with Crippen molar-refractivity contribution in [3.05, 3.63) is 102 Å². The maximum atomic E-state index is 12.2. The molecule has 1 amide bonds. The van der Waals surface area contributed by atoms with E-state index in [1.54, 1.807) is 24.3 Å². The molecule has 1 aliphatic rings. The Kier molecular flexibility index (Phi) is 10.0. The lowest BCUT2D eigenvalue weighted by atomic mass is 9.96. The number of para-hydroxylation sites is 1. The molecule has 1 heterocycles. The molecule has 3 aromatic carbocycles. The molecule has 0 saturated carbocycles. The molecule has 3 unspecified atom stereocenters. The molecule has 5 atom stereocenters. The van der Waals surface area contributed by atoms with Gasteiger partial charge in [-0.1, -0.05) is 78.9 Å². The number of benzene rings is 3. The van der Waals surface area contributed by atoms with Crippen LogP contribution < -0.4 is 10.1 Å². The Labute approximate surface area is 227 Å². The van der Waals surface area contributed by atoms with Gasteiger partial charge in [0.25, 0.3) is 0 Å². The first-order valence-corrected chi connectivity index (χ1v) is 13.7. The van der Waals surface area contributed by atoms with Gasteiger partial charge in [0.05, 0.1) is 19.8 Å². The first kappa shape index (κ1) is 28.7. The second-order valence-electron chi connectivity index (χ2n) is 8.95. The van der Waals surface area contributed by atoms with E-state index < -0.39 is 46.9 Å². The van der Waals surface area contributed by atoms with Crippen molar-refractivity contribution in [2.24, 2.45) is 0 Å². The molecule has 3 aromatic rings. The molecule has 1 saturated heterocycles. The molecule has 208 valence electrons. The van der Waals surface area contributed by atoms with Gasteiger partial charge in [0.2, 0.25) is 12.2 Å². The van der Waals surface area contributed by atoms with Crippen molar-refractivity contribution in [3.63, 3.8) is 0 Å². The summed E-state index contributed by atoms with van der Waals surface area (Å²) in [4.78, 5) is 12.2. The molecule has 1 aliphatic heterocycles. The van der Waals surface area contributed by atoms with Crippen LogP contribution in [0.25, 0.3) is 0 Å². The summed E-state index contributed by atoms with van der Waals surface area (Å²) >= 11 is 0. The normalized spacial score (nSPS) is 23.2. The molecule has 11 heteroatoms. The van der Waals surface area contributed by atoms with Crippen LogP contribution in [0.4, 0.5) is 0 Å². The Morgan fingerprint density at radius 1 is 0.872 bits per heavy atom. The fourth-order valence-electron chi connectivity index (χ4n) is 4.25. The third kappa shape index (κ3) is 8.85. The van der Waals surface area contributed by atoms with Crippen LogP contribution in [0.3, 0.4) is 0 Å². The standard InChI is InChI=1S/C28H31NO9S/c1-20(30)29-25-27(35-18-22-13-7-3-8-14-22)26(38-39(31,32)33)24(19-34-17-21-11-5-2-6-12-21)37-28(25)36-23-15-9-4-10-16-23/h2-16,24-28H,17-19H2,1H3,(H,29,30)(H,31,32,33)/t24?,25?,26?,27-,28+/m0/s1. The monoisotopic (exact) mass is 557 g/mol. The van der Waals surface area contributed by atoms with Crippen molar-refractivity contribution in [3.8, 4) is 5.75 Å². The number of carbonyl (C=O) groups is 1. The smallest absolute Gasteiger partial charge is 0.397 e. The quantitative estimate of drug-likeness (QED) is 0.322. The Hall–Kier alpha value is -3.32. The number of carbonyl (C=O) groups excluding carboxylic acids is 1. The molecule has 0 bridgehead atoms. The molecule has 1 fully saturated rings. The molecule has 39 heavy (non-hydrogen) atoms. The highest BCUT2D eigenvalue weighted by molar-refractivity contribution is 7.80. The average Bonchev–Trinajstić information content (AvgIpc) is 2.91. The lowest BCUT2D eigenvalue weighted by Gasteiger charge is -2.45. The zero-order chi connectivity index (χ0) is 27.7. The van der Waals surface area contributed by atoms with Gasteiger partial charge in [-0.2, -0.15) is 8.42 Å². The summed E-state index contributed by atoms with van der Waals surface area (Å²) in [5.74, 6) is 0.0284. The van der Waals surface area contributed by atoms with Gasteiger partial charge >= 0.3 is 10.4 Å². The molecule has 0 aliphatic carbocycles. The fourth-order valence-corrected chi connectivity index (χ4v) is 4.76. The maximum Gasteiger partial charge on any atom is 0.397 e. The zero-order valence-corrected chi connectivity index (χ0v) is 22.1. The second kappa shape index (κ2) is 13.7. The number of rotatable bonds is 12. The lowest BCUT2D eigenvalue weighted by molar-refractivity contribution is -0.253. The molecule has 0 spiro atoms. The van der Waals surface area contributed by atoms with E-state index in [0.717, 1.165) is 11.1 Å². The Bertz CT molecular complexity index is 1280. The molecule has 2 N–H and O–H groups in total. The number of nitrogens with one attached hydrogen (secondary N) is 1. The summed E-state index contributed by atoms with van der Waals surface area (Å²) in [5.41, 5.74) is 1.69. The summed E-state index contributed by atoms with van der Waals surface area (Å²) in [6.45, 7) is 1.46. The van der Waals surface area contributed by atoms with E-state index in [9.17, 15) is 17.8 Å². The second-order valence-corrected chi connectivity index (χ2v) is 10.00. The molecule has 0 radical (unpaired) electrons. The topological polar surface area (TPSA) is 130 Å². The third-order valence-corrected chi connectivity index (χ3v) is 6.39. The number of hydrogen-bond acceptors (Lipinski definition) is 8. The van der Waals surface area contributed by atoms with Crippen LogP contribution in [0.2, 0.25) is 0 Å². The van der Waals surface area contributed by atoms with E-state index in [2.05, 4.69) is 5.32 Å². The van der Waals surface area contributed by atoms with Crippen molar-refractivity contribution in [2.45, 2.75) is 50.8 Å². The van der Waals surface area contributed by atoms with Crippen LogP contribution in [-0.2, 0) is 46.8 Å². The van der Waals surface area contributed by atoms with E-state index in [4.69, 9.17) is 23.1 Å². The first-order valence-electron chi connectivity index (χ1n) is 12.4. The van der Waals surface area contributed by atoms with E-state index in [0.29, 0.717) is 5.75 Å². The maximum absolute atomic E-state index is 12.2. The minimum Gasteiger partial charge on any atom is -0.463 e. The summed E-state index contributed by atoms with van der Waals surface area (Å²) in [6.07, 6.45) is -4.67. The predicted molar refractivity (Wildman–Crippen MR) is 141 cm³/mol. The van der Waals surface area contributed by atoms with Crippen molar-refractivity contribution in [1.82, 2.24) is 5.32 Å². The SMILES string of the molecule is CC(=O)NC1[C@H](Oc2ccccc2)OC(COCc2ccccc2)C(OS(=O)(=O)O)[C@H]1OCc1ccccc1. The van der Waals surface area contributed by atoms with Gasteiger partial charge in [0.15, 0.2) is 0 Å². The van der Waals surface area contributed by atoms with Crippen molar-refractivity contribution in [2.75, 3.05) is 6.61 Å². The predicted octanol–water partition coefficient (Wildman–Crippen LogP) is 3.29. The molecule has 0 aromatic heterocycles. The minimum absolute atomic E-state index is 0.0581. The van der Waals surface area contributed by atoms with Crippen LogP contribution >= 0.6 is 0 Å². The molecule has 4 rings (SSSR count). The zero-order valence-electron chi connectivity index (χ0n) is 21.3. The van der Waals surface area contributed by atoms with Crippen LogP contribution in [-0.4, -0.2) is 56.1 Å². The number of amides is 1. The largest absolute Gasteiger partial charge is 0.463 e. The van der Waals surface area contributed by atoms with E-state index in [1.807, 2.05) is 66.7 Å². The molecule has 10 nitrogen and oxygen atoms in total. The Morgan fingerprint density at radius 2 is 1.44 bits per heavy atom. The van der Waals surface area contributed by atoms with Crippen LogP contribution in [0.5, 0.6) is 5.75 Å². The van der Waals surface area contributed by atoms with Gasteiger partial charge in [-0.3, -0.25) is 9.35 Å². The van der Waals surface area contributed by atoms with E-state index in [-0.39, 0.29) is 19.8 Å². The van der Waals surface area contributed by atoms with Crippen molar-refractivity contribution >= 4 is 16.3 Å². The summed E-state index contributed by atoms with van der Waals surface area (Å²) in [7, 11) is -4.95. The first-order chi connectivity index (χ1) is 18.8. The summed E-state index contributed by atoms with van der Waals surface area (Å²) < 4.78 is 62.8. The molecular formula is C28H31NO9S. The highest BCUT2D eigenvalue weighted by Gasteiger charge is 2.51. The lowest BCUT2D eigenvalue weighted by Crippen LogP contribution is -2.67. The molecular weight excluding hydrogens is 526 g/mol. The van der Waals surface area contributed by atoms with Crippen LogP contribution in [0, 0.1) is 0 Å². The van der Waals surface area contributed by atoms with Crippen LogP contribution in [0.15, 0.2) is 91.0 Å². The van der Waals surface area contributed by atoms with Gasteiger partial charge in [-0.15, -0.1) is 0 Å². The Morgan fingerprint density at radius 3 is 2.00 bits per heavy atom. The summed E-state index contributed by atoms with van der Waals surface area (Å²) in [5, 5.41) is 2.75. The Balaban J connectivity index is 1.65. The number of hydrogen-bond donors (Lipinski definition) is 2. The highest BCUT2D eigenvalue weighted by atomic mass is 32.3. The van der Waals surface area contributed by atoms with Crippen LogP contribution in [0.1, 0.15) is 18.1 Å². The van der Waals surface area contributed by atoms with Gasteiger partial charge < -0.3 is 24.3 Å². The van der Waals surface area contributed by atoms with Crippen molar-refractivity contribution < 1.29 is 40.9 Å². The van der Waals surface area contributed by atoms with Gasteiger partial charge in [-0.05, 0) is 23.3 Å². The summed E-state index contributed by atoms with van der Waals surface area (Å²) in [6, 6.07) is 26.4. The fraction of sp³-hybridized carbons (Fsp3) is 0.321. The number of ether oxygens (including phenoxy) is 4. The van der Waals surface area contributed by atoms with E-state index >= 15 is 0 Å². The van der Waals surface area contributed by atoms with Crippen molar-refractivity contribution in [1.29, 1.82) is 0 Å². The van der Waals surface area contributed by atoms with Gasteiger partial charge in [0, 0.05) is 6.92 Å². The third-order valence-electron chi connectivity index (χ3n) is 5.92. The van der Waals surface area contributed by atoms with Gasteiger partial charge in [0.1, 0.15) is 30.1 Å². The average molecular weight is 558 g/mol. The van der Waals surface area contributed by atoms with Gasteiger partial charge in [-0.25, -0.2) is 4.18 Å². The van der Waals surface area contributed by atoms with E-state index in [1.165, 1.54) is 6.92 Å².